The molecule has 1 fully saturated rings. The fourth-order valence-electron chi connectivity index (χ4n) is 1.79. The molecular weight excluding hydrogens is 277 g/mol. The molecule has 0 aromatic rings. The summed E-state index contributed by atoms with van der Waals surface area (Å²) >= 11 is 0. The number of hydrogen-bond donors (Lipinski definition) is 0. The summed E-state index contributed by atoms with van der Waals surface area (Å²) in [7, 11) is -3.68. The highest BCUT2D eigenvalue weighted by atomic mass is 32.2. The average molecular weight is 297 g/mol. The number of hydrogen-bond acceptors (Lipinski definition) is 5. The molecule has 1 rings (SSSR count). The number of piperidine rings is 1. The largest absolute Gasteiger partial charge is 0.444 e. The van der Waals surface area contributed by atoms with Gasteiger partial charge in [-0.15, -0.1) is 0 Å². The van der Waals surface area contributed by atoms with E-state index in [1.807, 2.05) is 0 Å². The second-order valence-electron chi connectivity index (χ2n) is 5.64. The number of likely N-dealkylation sites (tertiary alicyclic amines) is 1. The maximum absolute atomic E-state index is 13.5. The van der Waals surface area contributed by atoms with E-state index in [2.05, 4.69) is 0 Å². The lowest BCUT2D eigenvalue weighted by Gasteiger charge is -2.34. The third-order valence-corrected chi connectivity index (χ3v) is 2.95. The van der Waals surface area contributed by atoms with E-state index >= 15 is 0 Å². The average Bonchev–Trinajstić information content (AvgIpc) is 2.10. The number of nitrogens with zero attached hydrogens (tertiary/aromatic N) is 1. The second kappa shape index (κ2) is 5.62. The highest BCUT2D eigenvalue weighted by Crippen LogP contribution is 2.20. The third-order valence-electron chi connectivity index (χ3n) is 2.32. The molecule has 1 amide bonds. The van der Waals surface area contributed by atoms with Crippen molar-refractivity contribution in [3.8, 4) is 0 Å². The number of rotatable bonds is 2. The Morgan fingerprint density at radius 2 is 1.89 bits per heavy atom. The van der Waals surface area contributed by atoms with Crippen molar-refractivity contribution in [3.63, 3.8) is 0 Å². The van der Waals surface area contributed by atoms with E-state index in [-0.39, 0.29) is 19.5 Å². The summed E-state index contributed by atoms with van der Waals surface area (Å²) < 4.78 is 45.5. The Hall–Kier alpha value is -0.890. The van der Waals surface area contributed by atoms with Gasteiger partial charge >= 0.3 is 6.09 Å². The van der Waals surface area contributed by atoms with E-state index in [9.17, 15) is 17.6 Å². The van der Waals surface area contributed by atoms with Crippen LogP contribution in [0.25, 0.3) is 0 Å². The molecule has 0 aliphatic carbocycles. The minimum absolute atomic E-state index is 0.00238. The molecule has 0 N–H and O–H groups in total. The Balaban J connectivity index is 2.67. The molecule has 0 unspecified atom stereocenters. The van der Waals surface area contributed by atoms with Crippen LogP contribution in [0.15, 0.2) is 0 Å². The van der Waals surface area contributed by atoms with Crippen LogP contribution in [0.2, 0.25) is 0 Å². The molecule has 1 saturated heterocycles. The Morgan fingerprint density at radius 1 is 1.32 bits per heavy atom. The standard InChI is InChI=1S/C11H20FNO5S/c1-11(2,3)17-10(14)13-6-8(12)5-9(7-13)18-19(4,15)16/h8-9H,5-7H2,1-4H3/t8-,9+/m0/s1. The molecule has 0 radical (unpaired) electrons. The molecule has 6 nitrogen and oxygen atoms in total. The van der Waals surface area contributed by atoms with Crippen LogP contribution in [0.4, 0.5) is 9.18 Å². The van der Waals surface area contributed by atoms with E-state index in [1.165, 1.54) is 0 Å². The normalized spacial score (nSPS) is 25.2. The van der Waals surface area contributed by atoms with Crippen LogP contribution in [0.3, 0.4) is 0 Å². The SMILES string of the molecule is CC(C)(C)OC(=O)N1C[C@@H](F)C[C@@H](OS(C)(=O)=O)C1. The second-order valence-corrected chi connectivity index (χ2v) is 7.24. The fraction of sp³-hybridized carbons (Fsp3) is 0.909. The fourth-order valence-corrected chi connectivity index (χ4v) is 2.42. The van der Waals surface area contributed by atoms with Crippen molar-refractivity contribution < 1.29 is 26.5 Å². The van der Waals surface area contributed by atoms with Gasteiger partial charge in [0, 0.05) is 6.42 Å². The topological polar surface area (TPSA) is 72.9 Å². The Labute approximate surface area is 113 Å². The van der Waals surface area contributed by atoms with E-state index in [4.69, 9.17) is 8.92 Å². The van der Waals surface area contributed by atoms with E-state index in [0.29, 0.717) is 0 Å². The number of amides is 1. The van der Waals surface area contributed by atoms with Gasteiger partial charge in [0.15, 0.2) is 0 Å². The van der Waals surface area contributed by atoms with Gasteiger partial charge in [-0.3, -0.25) is 4.18 Å². The first-order valence-electron chi connectivity index (χ1n) is 5.96. The highest BCUT2D eigenvalue weighted by molar-refractivity contribution is 7.86. The van der Waals surface area contributed by atoms with Crippen LogP contribution < -0.4 is 0 Å². The number of carbonyl (C=O) groups is 1. The van der Waals surface area contributed by atoms with Crippen molar-refractivity contribution in [2.75, 3.05) is 19.3 Å². The summed E-state index contributed by atoms with van der Waals surface area (Å²) in [5.41, 5.74) is -0.687. The molecule has 112 valence electrons. The van der Waals surface area contributed by atoms with Gasteiger partial charge in [-0.25, -0.2) is 9.18 Å². The zero-order valence-electron chi connectivity index (χ0n) is 11.6. The van der Waals surface area contributed by atoms with Crippen LogP contribution in [0.5, 0.6) is 0 Å². The first-order chi connectivity index (χ1) is 8.46. The van der Waals surface area contributed by atoms with Gasteiger partial charge in [0.05, 0.1) is 25.4 Å². The van der Waals surface area contributed by atoms with Crippen LogP contribution in [0, 0.1) is 0 Å². The number of carbonyl (C=O) groups excluding carboxylic acids is 1. The molecule has 0 spiro atoms. The molecule has 1 aliphatic rings. The van der Waals surface area contributed by atoms with E-state index < -0.39 is 34.1 Å². The molecule has 0 aromatic heterocycles. The van der Waals surface area contributed by atoms with Crippen LogP contribution in [-0.2, 0) is 19.0 Å². The first kappa shape index (κ1) is 16.2. The Kier molecular flexibility index (Phi) is 4.78. The molecule has 0 saturated carbocycles. The smallest absolute Gasteiger partial charge is 0.410 e. The Morgan fingerprint density at radius 3 is 2.37 bits per heavy atom. The molecule has 0 aromatic carbocycles. The van der Waals surface area contributed by atoms with Crippen molar-refractivity contribution in [2.24, 2.45) is 0 Å². The van der Waals surface area contributed by atoms with Crippen LogP contribution in [-0.4, -0.2) is 56.6 Å². The summed E-state index contributed by atoms with van der Waals surface area (Å²) in [5.74, 6) is 0. The predicted molar refractivity (Wildman–Crippen MR) is 67.0 cm³/mol. The summed E-state index contributed by atoms with van der Waals surface area (Å²) in [5, 5.41) is 0. The number of halogens is 1. The van der Waals surface area contributed by atoms with Gasteiger partial charge in [0.2, 0.25) is 0 Å². The van der Waals surface area contributed by atoms with Gasteiger partial charge in [-0.05, 0) is 20.8 Å². The number of alkyl halides is 1. The molecule has 1 aliphatic heterocycles. The maximum atomic E-state index is 13.5. The minimum atomic E-state index is -3.68. The van der Waals surface area contributed by atoms with Gasteiger partial charge in [0.25, 0.3) is 10.1 Å². The monoisotopic (exact) mass is 297 g/mol. The van der Waals surface area contributed by atoms with Gasteiger partial charge in [0.1, 0.15) is 11.8 Å². The first-order valence-corrected chi connectivity index (χ1v) is 7.78. The lowest BCUT2D eigenvalue weighted by molar-refractivity contribution is -0.00588. The van der Waals surface area contributed by atoms with Crippen molar-refractivity contribution in [1.82, 2.24) is 4.90 Å². The van der Waals surface area contributed by atoms with Crippen molar-refractivity contribution in [1.29, 1.82) is 0 Å². The quantitative estimate of drug-likeness (QED) is 0.719. The summed E-state index contributed by atoms with van der Waals surface area (Å²) in [6, 6.07) is 0. The van der Waals surface area contributed by atoms with Gasteiger partial charge in [-0.1, -0.05) is 0 Å². The molecule has 1 heterocycles. The summed E-state index contributed by atoms with van der Waals surface area (Å²) in [6.45, 7) is 4.99. The Bertz CT molecular complexity index is 431. The van der Waals surface area contributed by atoms with Crippen molar-refractivity contribution >= 4 is 16.2 Å². The van der Waals surface area contributed by atoms with Crippen LogP contribution >= 0.6 is 0 Å². The minimum Gasteiger partial charge on any atom is -0.444 e. The molecule has 2 atom stereocenters. The lowest BCUT2D eigenvalue weighted by Crippen LogP contribution is -2.49. The summed E-state index contributed by atoms with van der Waals surface area (Å²) in [6.07, 6.45) is -2.02. The summed E-state index contributed by atoms with van der Waals surface area (Å²) in [4.78, 5) is 12.9. The van der Waals surface area contributed by atoms with Gasteiger partial charge in [-0.2, -0.15) is 8.42 Å². The molecule has 8 heteroatoms. The zero-order chi connectivity index (χ0) is 14.8. The predicted octanol–water partition coefficient (Wildman–Crippen LogP) is 1.31. The number of ether oxygens (including phenoxy) is 1. The van der Waals surface area contributed by atoms with E-state index in [1.54, 1.807) is 20.8 Å². The van der Waals surface area contributed by atoms with Gasteiger partial charge < -0.3 is 9.64 Å². The molecule has 0 bridgehead atoms. The highest BCUT2D eigenvalue weighted by Gasteiger charge is 2.34. The maximum Gasteiger partial charge on any atom is 0.410 e. The van der Waals surface area contributed by atoms with Crippen molar-refractivity contribution in [2.45, 2.75) is 45.1 Å². The lowest BCUT2D eigenvalue weighted by atomic mass is 10.1. The molecule has 19 heavy (non-hydrogen) atoms. The third kappa shape index (κ3) is 6.20. The van der Waals surface area contributed by atoms with E-state index in [0.717, 1.165) is 11.2 Å². The van der Waals surface area contributed by atoms with Crippen LogP contribution in [0.1, 0.15) is 27.2 Å². The molecular formula is C11H20FNO5S. The zero-order valence-corrected chi connectivity index (χ0v) is 12.4. The van der Waals surface area contributed by atoms with Crippen molar-refractivity contribution in [3.05, 3.63) is 0 Å².